The number of imidazole rings is 1. The lowest BCUT2D eigenvalue weighted by Crippen LogP contribution is -2.37. The molecule has 0 aliphatic carbocycles. The zero-order chi connectivity index (χ0) is 19.7. The predicted octanol–water partition coefficient (Wildman–Crippen LogP) is 1.16. The van der Waals surface area contributed by atoms with E-state index in [0.717, 1.165) is 10.1 Å². The summed E-state index contributed by atoms with van der Waals surface area (Å²) in [5, 5.41) is 13.6. The highest BCUT2D eigenvalue weighted by atomic mass is 16.3. The topological polar surface area (TPSA) is 106 Å². The highest BCUT2D eigenvalue weighted by Crippen LogP contribution is 2.17. The first kappa shape index (κ1) is 18.2. The molecule has 0 spiro atoms. The molecule has 0 unspecified atom stereocenters. The Morgan fingerprint density at radius 2 is 2.07 bits per heavy atom. The molecule has 0 radical (unpaired) electrons. The number of fused-ring (bicyclic) bond motifs is 1. The van der Waals surface area contributed by atoms with Crippen molar-refractivity contribution in [1.29, 1.82) is 0 Å². The number of nitrogens with zero attached hydrogens (tertiary/aromatic N) is 5. The summed E-state index contributed by atoms with van der Waals surface area (Å²) in [7, 11) is 2.98. The lowest BCUT2D eigenvalue weighted by molar-refractivity contribution is 0.475. The van der Waals surface area contributed by atoms with Crippen LogP contribution in [-0.2, 0) is 20.6 Å². The maximum absolute atomic E-state index is 12.6. The van der Waals surface area contributed by atoms with Gasteiger partial charge in [-0.3, -0.25) is 18.5 Å². The predicted molar refractivity (Wildman–Crippen MR) is 104 cm³/mol. The van der Waals surface area contributed by atoms with Gasteiger partial charge in [-0.2, -0.15) is 10.1 Å². The Balaban J connectivity index is 2.10. The monoisotopic (exact) mass is 368 g/mol. The van der Waals surface area contributed by atoms with Crippen LogP contribution >= 0.6 is 0 Å². The second-order valence-corrected chi connectivity index (χ2v) is 6.32. The van der Waals surface area contributed by atoms with Crippen LogP contribution in [0.1, 0.15) is 12.5 Å². The normalized spacial score (nSPS) is 11.4. The van der Waals surface area contributed by atoms with Gasteiger partial charge >= 0.3 is 5.69 Å². The summed E-state index contributed by atoms with van der Waals surface area (Å²) in [5.41, 5.74) is 3.96. The Hall–Kier alpha value is -3.62. The minimum absolute atomic E-state index is 0.131. The molecule has 0 atom stereocenters. The molecule has 9 nitrogen and oxygen atoms in total. The first-order valence-corrected chi connectivity index (χ1v) is 8.18. The van der Waals surface area contributed by atoms with Crippen molar-refractivity contribution in [1.82, 2.24) is 18.7 Å². The average Bonchev–Trinajstić information content (AvgIpc) is 2.96. The fourth-order valence-corrected chi connectivity index (χ4v) is 2.73. The van der Waals surface area contributed by atoms with E-state index in [4.69, 9.17) is 0 Å². The summed E-state index contributed by atoms with van der Waals surface area (Å²) < 4.78 is 3.99. The van der Waals surface area contributed by atoms with Crippen LogP contribution in [0.25, 0.3) is 11.2 Å². The molecule has 0 saturated heterocycles. The van der Waals surface area contributed by atoms with Crippen LogP contribution in [0.15, 0.2) is 51.1 Å². The quantitative estimate of drug-likeness (QED) is 0.399. The summed E-state index contributed by atoms with van der Waals surface area (Å²) in [6.45, 7) is 6.06. The number of nitrogens with one attached hydrogen (secondary N) is 1. The molecule has 3 rings (SSSR count). The van der Waals surface area contributed by atoms with E-state index in [9.17, 15) is 14.7 Å². The molecule has 27 heavy (non-hydrogen) atoms. The molecule has 1 aromatic carbocycles. The van der Waals surface area contributed by atoms with E-state index in [1.807, 2.05) is 6.92 Å². The Morgan fingerprint density at radius 1 is 1.33 bits per heavy atom. The summed E-state index contributed by atoms with van der Waals surface area (Å²) in [6.07, 6.45) is 1.52. The van der Waals surface area contributed by atoms with Crippen LogP contribution in [0.5, 0.6) is 5.75 Å². The second-order valence-electron chi connectivity index (χ2n) is 6.32. The lowest BCUT2D eigenvalue weighted by Gasteiger charge is -2.08. The summed E-state index contributed by atoms with van der Waals surface area (Å²) >= 11 is 0. The van der Waals surface area contributed by atoms with Crippen LogP contribution in [-0.4, -0.2) is 30.0 Å². The van der Waals surface area contributed by atoms with Crippen LogP contribution < -0.4 is 16.7 Å². The maximum Gasteiger partial charge on any atom is 0.332 e. The van der Waals surface area contributed by atoms with Crippen LogP contribution in [0.4, 0.5) is 5.95 Å². The highest BCUT2D eigenvalue weighted by Gasteiger charge is 2.18. The van der Waals surface area contributed by atoms with Gasteiger partial charge in [-0.05, 0) is 24.6 Å². The highest BCUT2D eigenvalue weighted by molar-refractivity contribution is 5.81. The first-order chi connectivity index (χ1) is 12.8. The van der Waals surface area contributed by atoms with E-state index in [2.05, 4.69) is 22.1 Å². The summed E-state index contributed by atoms with van der Waals surface area (Å²) in [6, 6.07) is 6.60. The van der Waals surface area contributed by atoms with Crippen LogP contribution in [0.3, 0.4) is 0 Å². The number of hydrazone groups is 1. The minimum Gasteiger partial charge on any atom is -0.508 e. The number of anilines is 1. The molecule has 3 aromatic rings. The third kappa shape index (κ3) is 3.39. The lowest BCUT2D eigenvalue weighted by atomic mass is 10.2. The molecular formula is C18H20N6O3. The Kier molecular flexibility index (Phi) is 4.68. The van der Waals surface area contributed by atoms with E-state index in [1.165, 1.54) is 17.8 Å². The van der Waals surface area contributed by atoms with Crippen molar-refractivity contribution in [3.63, 3.8) is 0 Å². The van der Waals surface area contributed by atoms with Gasteiger partial charge < -0.3 is 5.11 Å². The van der Waals surface area contributed by atoms with Gasteiger partial charge in [-0.1, -0.05) is 24.3 Å². The van der Waals surface area contributed by atoms with Gasteiger partial charge in [0.15, 0.2) is 11.2 Å². The molecule has 9 heteroatoms. The molecule has 2 aromatic heterocycles. The smallest absolute Gasteiger partial charge is 0.332 e. The van der Waals surface area contributed by atoms with E-state index < -0.39 is 11.2 Å². The first-order valence-electron chi connectivity index (χ1n) is 8.18. The van der Waals surface area contributed by atoms with Crippen LogP contribution in [0, 0.1) is 0 Å². The molecule has 0 aliphatic heterocycles. The molecule has 140 valence electrons. The Labute approximate surface area is 154 Å². The number of rotatable bonds is 5. The van der Waals surface area contributed by atoms with Gasteiger partial charge in [0.2, 0.25) is 5.95 Å². The number of aromatic hydroxyl groups is 1. The van der Waals surface area contributed by atoms with Crippen molar-refractivity contribution in [2.75, 3.05) is 5.43 Å². The van der Waals surface area contributed by atoms with Crippen molar-refractivity contribution >= 4 is 23.3 Å². The summed E-state index contributed by atoms with van der Waals surface area (Å²) in [5.74, 6) is 0.440. The van der Waals surface area contributed by atoms with Gasteiger partial charge in [0.1, 0.15) is 5.75 Å². The maximum atomic E-state index is 12.6. The molecule has 0 saturated carbocycles. The van der Waals surface area contributed by atoms with Gasteiger partial charge in [0.05, 0.1) is 6.21 Å². The zero-order valence-electron chi connectivity index (χ0n) is 15.3. The van der Waals surface area contributed by atoms with E-state index in [1.54, 1.807) is 35.9 Å². The van der Waals surface area contributed by atoms with E-state index in [0.29, 0.717) is 18.1 Å². The average molecular weight is 368 g/mol. The fourth-order valence-electron chi connectivity index (χ4n) is 2.73. The Morgan fingerprint density at radius 3 is 2.74 bits per heavy atom. The van der Waals surface area contributed by atoms with Gasteiger partial charge in [-0.25, -0.2) is 10.2 Å². The van der Waals surface area contributed by atoms with E-state index in [-0.39, 0.29) is 16.9 Å². The molecular weight excluding hydrogens is 348 g/mol. The third-order valence-corrected chi connectivity index (χ3v) is 4.02. The van der Waals surface area contributed by atoms with Crippen molar-refractivity contribution < 1.29 is 5.11 Å². The number of phenols is 1. The third-order valence-electron chi connectivity index (χ3n) is 4.02. The number of aryl methyl sites for hydroxylation is 1. The number of hydrogen-bond acceptors (Lipinski definition) is 6. The van der Waals surface area contributed by atoms with Crippen molar-refractivity contribution in [3.05, 3.63) is 62.8 Å². The molecule has 2 heterocycles. The molecule has 0 aliphatic rings. The van der Waals surface area contributed by atoms with Crippen molar-refractivity contribution in [2.45, 2.75) is 13.5 Å². The number of phenolic OH excluding ortho intramolecular Hbond substituents is 1. The molecule has 2 N–H and O–H groups in total. The molecule has 0 amide bonds. The van der Waals surface area contributed by atoms with Crippen molar-refractivity contribution in [3.8, 4) is 5.75 Å². The van der Waals surface area contributed by atoms with E-state index >= 15 is 0 Å². The standard InChI is InChI=1S/C18H20N6O3/c1-11(2)10-24-14-15(22(3)18(27)23(4)16(14)26)20-17(24)21-19-9-12-6-5-7-13(25)8-12/h5-9,25H,1,10H2,2-4H3,(H,20,21)/b19-9-. The largest absolute Gasteiger partial charge is 0.508 e. The number of hydrogen-bond donors (Lipinski definition) is 2. The van der Waals surface area contributed by atoms with Crippen molar-refractivity contribution in [2.24, 2.45) is 19.2 Å². The Bertz CT molecular complexity index is 1180. The summed E-state index contributed by atoms with van der Waals surface area (Å²) in [4.78, 5) is 29.2. The minimum atomic E-state index is -0.456. The van der Waals surface area contributed by atoms with Gasteiger partial charge in [0, 0.05) is 20.6 Å². The molecule has 0 fully saturated rings. The SMILES string of the molecule is C=C(C)Cn1c(N/N=C\c2cccc(O)c2)nc2c1c(=O)n(C)c(=O)n2C. The van der Waals surface area contributed by atoms with Crippen LogP contribution in [0.2, 0.25) is 0 Å². The molecule has 0 bridgehead atoms. The number of benzene rings is 1. The fraction of sp³-hybridized carbons (Fsp3) is 0.222. The zero-order valence-corrected chi connectivity index (χ0v) is 15.3. The van der Waals surface area contributed by atoms with Gasteiger partial charge in [0.25, 0.3) is 5.56 Å². The van der Waals surface area contributed by atoms with Gasteiger partial charge in [-0.15, -0.1) is 0 Å². The number of aromatic nitrogens is 4. The second kappa shape index (κ2) is 6.94. The number of allylic oxidation sites excluding steroid dienone is 1.